The number of fused-ring (bicyclic) bond motifs is 3. The molecular weight excluding hydrogens is 466 g/mol. The van der Waals surface area contributed by atoms with E-state index in [1.165, 1.54) is 0 Å². The highest BCUT2D eigenvalue weighted by Crippen LogP contribution is 2.47. The Balaban J connectivity index is 1.20. The highest BCUT2D eigenvalue weighted by atomic mass is 16.2. The summed E-state index contributed by atoms with van der Waals surface area (Å²) < 4.78 is 0. The molecule has 1 saturated carbocycles. The molecule has 2 aliphatic heterocycles. The summed E-state index contributed by atoms with van der Waals surface area (Å²) in [4.78, 5) is 50.5. The second-order valence-corrected chi connectivity index (χ2v) is 11.3. The minimum absolute atomic E-state index is 0.0129. The van der Waals surface area contributed by atoms with Crippen LogP contribution in [0.25, 0.3) is 0 Å². The van der Waals surface area contributed by atoms with Crippen molar-refractivity contribution >= 4 is 34.9 Å². The summed E-state index contributed by atoms with van der Waals surface area (Å²) in [6.07, 6.45) is 8.78. The lowest BCUT2D eigenvalue weighted by Gasteiger charge is -2.35. The third-order valence-electron chi connectivity index (χ3n) is 8.51. The number of pyridine rings is 1. The van der Waals surface area contributed by atoms with Gasteiger partial charge in [-0.05, 0) is 67.9 Å². The first-order valence-corrected chi connectivity index (χ1v) is 13.4. The molecule has 8 nitrogen and oxygen atoms in total. The average molecular weight is 500 g/mol. The van der Waals surface area contributed by atoms with Gasteiger partial charge in [-0.1, -0.05) is 38.8 Å². The van der Waals surface area contributed by atoms with E-state index in [1.807, 2.05) is 44.2 Å². The van der Waals surface area contributed by atoms with Crippen molar-refractivity contribution in [3.8, 4) is 0 Å². The SMILES string of the molecule is CC(C)C1=NC2(CCCCCC2)N(CC(=O)Nc2ccc3c(c2)CC2(C3)C(=O)Nc3ncccc32)C1=O. The summed E-state index contributed by atoms with van der Waals surface area (Å²) in [6, 6.07) is 9.68. The van der Waals surface area contributed by atoms with Crippen LogP contribution in [0.1, 0.15) is 69.1 Å². The fraction of sp³-hybridized carbons (Fsp3) is 0.483. The number of nitrogens with one attached hydrogen (secondary N) is 2. The highest BCUT2D eigenvalue weighted by molar-refractivity contribution is 6.41. The van der Waals surface area contributed by atoms with E-state index in [2.05, 4.69) is 15.6 Å². The molecule has 0 radical (unpaired) electrons. The number of hydrogen-bond acceptors (Lipinski definition) is 5. The predicted octanol–water partition coefficient (Wildman–Crippen LogP) is 4.00. The zero-order valence-electron chi connectivity index (χ0n) is 21.5. The summed E-state index contributed by atoms with van der Waals surface area (Å²) in [5, 5.41) is 5.95. The topological polar surface area (TPSA) is 104 Å². The molecule has 37 heavy (non-hydrogen) atoms. The van der Waals surface area contributed by atoms with Crippen molar-refractivity contribution < 1.29 is 14.4 Å². The van der Waals surface area contributed by atoms with Gasteiger partial charge in [-0.25, -0.2) is 4.98 Å². The van der Waals surface area contributed by atoms with Gasteiger partial charge in [-0.15, -0.1) is 0 Å². The van der Waals surface area contributed by atoms with Gasteiger partial charge in [0.25, 0.3) is 5.91 Å². The minimum atomic E-state index is -0.646. The van der Waals surface area contributed by atoms with Gasteiger partial charge in [0.05, 0.1) is 5.41 Å². The van der Waals surface area contributed by atoms with E-state index in [-0.39, 0.29) is 30.2 Å². The Morgan fingerprint density at radius 3 is 2.59 bits per heavy atom. The van der Waals surface area contributed by atoms with Crippen LogP contribution in [-0.4, -0.2) is 45.5 Å². The standard InChI is InChI=1S/C29H33N5O3/c1-18(2)24-26(36)34(29(33-24)11-5-3-4-6-12-29)17-23(35)31-21-10-9-19-15-28(16-20(19)14-21)22-8-7-13-30-25(22)32-27(28)37/h7-10,13-14,18H,3-6,11-12,15-17H2,1-2H3,(H,31,35)(H,30,32,37). The third-order valence-corrected chi connectivity index (χ3v) is 8.51. The van der Waals surface area contributed by atoms with E-state index >= 15 is 0 Å². The molecule has 8 heteroatoms. The summed E-state index contributed by atoms with van der Waals surface area (Å²) in [5.41, 5.74) is 3.11. The number of carbonyl (C=O) groups excluding carboxylic acids is 3. The average Bonchev–Trinajstić information content (AvgIpc) is 3.38. The van der Waals surface area contributed by atoms with Crippen LogP contribution >= 0.6 is 0 Å². The smallest absolute Gasteiger partial charge is 0.270 e. The number of carbonyl (C=O) groups is 3. The molecule has 1 atom stereocenters. The summed E-state index contributed by atoms with van der Waals surface area (Å²) in [6.45, 7) is 3.96. The van der Waals surface area contributed by atoms with E-state index in [4.69, 9.17) is 4.99 Å². The number of anilines is 2. The van der Waals surface area contributed by atoms with Gasteiger partial charge >= 0.3 is 0 Å². The Bertz CT molecular complexity index is 1320. The molecule has 0 saturated heterocycles. The second kappa shape index (κ2) is 8.78. The minimum Gasteiger partial charge on any atom is -0.325 e. The maximum atomic E-state index is 13.3. The first kappa shape index (κ1) is 23.8. The second-order valence-electron chi connectivity index (χ2n) is 11.3. The van der Waals surface area contributed by atoms with Gasteiger partial charge in [-0.3, -0.25) is 19.4 Å². The lowest BCUT2D eigenvalue weighted by Crippen LogP contribution is -2.50. The molecule has 3 amide bonds. The largest absolute Gasteiger partial charge is 0.325 e. The Hall–Kier alpha value is -3.55. The van der Waals surface area contributed by atoms with Crippen LogP contribution in [0.5, 0.6) is 0 Å². The first-order chi connectivity index (χ1) is 17.8. The van der Waals surface area contributed by atoms with Crippen LogP contribution in [0.4, 0.5) is 11.5 Å². The quantitative estimate of drug-likeness (QED) is 0.664. The molecule has 1 aromatic carbocycles. The molecule has 192 valence electrons. The fourth-order valence-corrected chi connectivity index (χ4v) is 6.62. The molecule has 2 spiro atoms. The number of rotatable bonds is 4. The number of benzene rings is 1. The van der Waals surface area contributed by atoms with Gasteiger partial charge < -0.3 is 15.5 Å². The van der Waals surface area contributed by atoms with Crippen LogP contribution in [0.15, 0.2) is 41.5 Å². The zero-order chi connectivity index (χ0) is 25.8. The molecule has 6 rings (SSSR count). The normalized spacial score (nSPS) is 23.8. The van der Waals surface area contributed by atoms with Crippen LogP contribution in [-0.2, 0) is 32.6 Å². The van der Waals surface area contributed by atoms with Gasteiger partial charge in [0, 0.05) is 23.4 Å². The Morgan fingerprint density at radius 2 is 1.84 bits per heavy atom. The predicted molar refractivity (Wildman–Crippen MR) is 141 cm³/mol. The van der Waals surface area contributed by atoms with Crippen LogP contribution in [0.2, 0.25) is 0 Å². The molecule has 3 heterocycles. The molecule has 1 fully saturated rings. The Morgan fingerprint density at radius 1 is 1.08 bits per heavy atom. The van der Waals surface area contributed by atoms with Crippen molar-refractivity contribution in [2.24, 2.45) is 10.9 Å². The van der Waals surface area contributed by atoms with E-state index < -0.39 is 11.1 Å². The molecular formula is C29H33N5O3. The highest BCUT2D eigenvalue weighted by Gasteiger charge is 2.51. The van der Waals surface area contributed by atoms with E-state index in [0.29, 0.717) is 30.1 Å². The number of nitrogens with zero attached hydrogens (tertiary/aromatic N) is 3. The molecule has 2 aromatic rings. The summed E-state index contributed by atoms with van der Waals surface area (Å²) >= 11 is 0. The van der Waals surface area contributed by atoms with Crippen LogP contribution < -0.4 is 10.6 Å². The van der Waals surface area contributed by atoms with Gasteiger partial charge in [0.15, 0.2) is 0 Å². The van der Waals surface area contributed by atoms with E-state index in [0.717, 1.165) is 55.2 Å². The zero-order valence-corrected chi connectivity index (χ0v) is 21.5. The summed E-state index contributed by atoms with van der Waals surface area (Å²) in [5.74, 6) is 0.308. The Labute approximate surface area is 216 Å². The van der Waals surface area contributed by atoms with Crippen molar-refractivity contribution in [1.82, 2.24) is 9.88 Å². The van der Waals surface area contributed by atoms with Crippen LogP contribution in [0.3, 0.4) is 0 Å². The third kappa shape index (κ3) is 3.85. The lowest BCUT2D eigenvalue weighted by atomic mass is 9.79. The molecule has 1 aromatic heterocycles. The summed E-state index contributed by atoms with van der Waals surface area (Å²) in [7, 11) is 0. The Kier molecular flexibility index (Phi) is 5.66. The maximum absolute atomic E-state index is 13.3. The van der Waals surface area contributed by atoms with Crippen molar-refractivity contribution in [1.29, 1.82) is 0 Å². The van der Waals surface area contributed by atoms with E-state index in [1.54, 1.807) is 11.1 Å². The van der Waals surface area contributed by atoms with Crippen molar-refractivity contribution in [2.75, 3.05) is 17.2 Å². The monoisotopic (exact) mass is 499 g/mol. The van der Waals surface area contributed by atoms with Crippen molar-refractivity contribution in [3.63, 3.8) is 0 Å². The van der Waals surface area contributed by atoms with Crippen molar-refractivity contribution in [3.05, 3.63) is 53.2 Å². The number of aromatic nitrogens is 1. The number of amides is 3. The van der Waals surface area contributed by atoms with Gasteiger partial charge in [0.2, 0.25) is 11.8 Å². The van der Waals surface area contributed by atoms with Crippen LogP contribution in [0, 0.1) is 5.92 Å². The first-order valence-electron chi connectivity index (χ1n) is 13.4. The maximum Gasteiger partial charge on any atom is 0.270 e. The van der Waals surface area contributed by atoms with Gasteiger partial charge in [-0.2, -0.15) is 0 Å². The lowest BCUT2D eigenvalue weighted by molar-refractivity contribution is -0.133. The molecule has 2 aliphatic carbocycles. The van der Waals surface area contributed by atoms with Gasteiger partial charge in [0.1, 0.15) is 23.7 Å². The molecule has 4 aliphatic rings. The van der Waals surface area contributed by atoms with E-state index in [9.17, 15) is 14.4 Å². The number of hydrogen-bond donors (Lipinski definition) is 2. The molecule has 0 bridgehead atoms. The molecule has 1 unspecified atom stereocenters. The number of aliphatic imine (C=N–C) groups is 1. The molecule has 2 N–H and O–H groups in total. The fourth-order valence-electron chi connectivity index (χ4n) is 6.62. The van der Waals surface area contributed by atoms with Crippen molar-refractivity contribution in [2.45, 2.75) is 76.3 Å².